The molecule has 2 aromatic rings. The fourth-order valence-corrected chi connectivity index (χ4v) is 3.83. The van der Waals surface area contributed by atoms with Crippen LogP contribution < -0.4 is 10.2 Å². The average molecular weight is 397 g/mol. The Bertz CT molecular complexity index is 756. The van der Waals surface area contributed by atoms with Gasteiger partial charge in [-0.1, -0.05) is 23.7 Å². The second-order valence-electron chi connectivity index (χ2n) is 6.17. The molecular weight excluding hydrogens is 377 g/mol. The van der Waals surface area contributed by atoms with Crippen molar-refractivity contribution in [3.63, 3.8) is 0 Å². The molecule has 0 radical (unpaired) electrons. The monoisotopic (exact) mass is 396 g/mol. The average Bonchev–Trinajstić information content (AvgIpc) is 3.18. The lowest BCUT2D eigenvalue weighted by molar-refractivity contribution is -0.917. The van der Waals surface area contributed by atoms with E-state index in [-0.39, 0.29) is 24.2 Å². The molecule has 5 nitrogen and oxygen atoms in total. The van der Waals surface area contributed by atoms with Crippen LogP contribution in [-0.4, -0.2) is 49.4 Å². The Balaban J connectivity index is 1.46. The number of rotatable bonds is 5. The molecule has 26 heavy (non-hydrogen) atoms. The fraction of sp³-hybridized carbons (Fsp3) is 0.333. The Morgan fingerprint density at radius 1 is 1.23 bits per heavy atom. The smallest absolute Gasteiger partial charge is 0.261 e. The first-order valence-electron chi connectivity index (χ1n) is 8.40. The summed E-state index contributed by atoms with van der Waals surface area (Å²) in [6.07, 6.45) is 0. The summed E-state index contributed by atoms with van der Waals surface area (Å²) in [5, 5.41) is 4.91. The first kappa shape index (κ1) is 18.8. The molecule has 1 fully saturated rings. The summed E-state index contributed by atoms with van der Waals surface area (Å²) < 4.78 is 13.9. The fourth-order valence-electron chi connectivity index (χ4n) is 2.96. The Morgan fingerprint density at radius 2 is 2.00 bits per heavy atom. The van der Waals surface area contributed by atoms with Gasteiger partial charge in [-0.05, 0) is 23.6 Å². The number of piperazine rings is 1. The topological polar surface area (TPSA) is 53.9 Å². The SMILES string of the molecule is O=C(NCC(=O)N1CC[NH+](Cc2c(F)cccc2Cl)CC1)c1cccs1. The van der Waals surface area contributed by atoms with Crippen LogP contribution in [-0.2, 0) is 11.3 Å². The van der Waals surface area contributed by atoms with Crippen LogP contribution in [0.25, 0.3) is 0 Å². The molecule has 0 spiro atoms. The highest BCUT2D eigenvalue weighted by molar-refractivity contribution is 7.12. The maximum atomic E-state index is 13.9. The zero-order valence-corrected chi connectivity index (χ0v) is 15.7. The lowest BCUT2D eigenvalue weighted by atomic mass is 10.2. The molecule has 8 heteroatoms. The Morgan fingerprint density at radius 3 is 2.65 bits per heavy atom. The largest absolute Gasteiger partial charge is 0.342 e. The van der Waals surface area contributed by atoms with Gasteiger partial charge < -0.3 is 15.1 Å². The van der Waals surface area contributed by atoms with Crippen molar-refractivity contribution in [1.29, 1.82) is 0 Å². The lowest BCUT2D eigenvalue weighted by Gasteiger charge is -2.32. The highest BCUT2D eigenvalue weighted by Crippen LogP contribution is 2.17. The van der Waals surface area contributed by atoms with Gasteiger partial charge in [-0.15, -0.1) is 11.3 Å². The maximum Gasteiger partial charge on any atom is 0.261 e. The molecule has 1 aliphatic rings. The molecule has 1 aliphatic heterocycles. The van der Waals surface area contributed by atoms with Gasteiger partial charge in [-0.25, -0.2) is 4.39 Å². The molecule has 1 aromatic carbocycles. The third-order valence-electron chi connectivity index (χ3n) is 4.46. The second-order valence-corrected chi connectivity index (χ2v) is 7.52. The van der Waals surface area contributed by atoms with E-state index < -0.39 is 0 Å². The highest BCUT2D eigenvalue weighted by atomic mass is 35.5. The van der Waals surface area contributed by atoms with Gasteiger partial charge in [0.15, 0.2) is 0 Å². The summed E-state index contributed by atoms with van der Waals surface area (Å²) in [6.45, 7) is 3.09. The number of benzene rings is 1. The summed E-state index contributed by atoms with van der Waals surface area (Å²) in [5.74, 6) is -0.621. The molecule has 1 saturated heterocycles. The first-order valence-corrected chi connectivity index (χ1v) is 9.66. The van der Waals surface area contributed by atoms with Crippen molar-refractivity contribution in [3.8, 4) is 0 Å². The minimum Gasteiger partial charge on any atom is -0.342 e. The second kappa shape index (κ2) is 8.62. The van der Waals surface area contributed by atoms with E-state index in [1.807, 2.05) is 5.38 Å². The number of carbonyl (C=O) groups is 2. The minimum absolute atomic E-state index is 0.00872. The van der Waals surface area contributed by atoms with Crippen LogP contribution in [0.1, 0.15) is 15.2 Å². The molecule has 0 aliphatic carbocycles. The quantitative estimate of drug-likeness (QED) is 0.798. The molecule has 0 saturated carbocycles. The summed E-state index contributed by atoms with van der Waals surface area (Å²) in [6, 6.07) is 8.22. The standard InChI is InChI=1S/C18H19ClFN3O2S/c19-14-3-1-4-15(20)13(14)12-22-6-8-23(9-7-22)17(24)11-21-18(25)16-5-2-10-26-16/h1-5,10H,6-9,11-12H2,(H,21,25)/p+1. The van der Waals surface area contributed by atoms with E-state index >= 15 is 0 Å². The lowest BCUT2D eigenvalue weighted by Crippen LogP contribution is -3.13. The Hall–Kier alpha value is -1.96. The molecule has 0 bridgehead atoms. The van der Waals surface area contributed by atoms with Gasteiger partial charge in [-0.2, -0.15) is 0 Å². The summed E-state index contributed by atoms with van der Waals surface area (Å²) in [5.41, 5.74) is 0.521. The van der Waals surface area contributed by atoms with Gasteiger partial charge in [0.25, 0.3) is 5.91 Å². The highest BCUT2D eigenvalue weighted by Gasteiger charge is 2.25. The van der Waals surface area contributed by atoms with E-state index in [9.17, 15) is 14.0 Å². The predicted octanol–water partition coefficient (Wildman–Crippen LogP) is 1.20. The number of nitrogens with zero attached hydrogens (tertiary/aromatic N) is 1. The number of amides is 2. The molecule has 0 atom stereocenters. The van der Waals surface area contributed by atoms with Crippen molar-refractivity contribution >= 4 is 34.8 Å². The maximum absolute atomic E-state index is 13.9. The van der Waals surface area contributed by atoms with Crippen LogP contribution in [0.4, 0.5) is 4.39 Å². The number of hydrogen-bond acceptors (Lipinski definition) is 3. The summed E-state index contributed by atoms with van der Waals surface area (Å²) in [7, 11) is 0. The van der Waals surface area contributed by atoms with Crippen LogP contribution >= 0.6 is 22.9 Å². The molecule has 138 valence electrons. The van der Waals surface area contributed by atoms with E-state index in [2.05, 4.69) is 5.32 Å². The van der Waals surface area contributed by atoms with Crippen LogP contribution in [0.3, 0.4) is 0 Å². The summed E-state index contributed by atoms with van der Waals surface area (Å²) in [4.78, 5) is 27.7. The van der Waals surface area contributed by atoms with Crippen molar-refractivity contribution in [2.24, 2.45) is 0 Å². The van der Waals surface area contributed by atoms with Gasteiger partial charge in [0.05, 0.1) is 48.2 Å². The Labute approximate surface area is 160 Å². The number of thiophene rings is 1. The number of nitrogens with one attached hydrogen (secondary N) is 2. The van der Waals surface area contributed by atoms with Gasteiger partial charge >= 0.3 is 0 Å². The van der Waals surface area contributed by atoms with Crippen molar-refractivity contribution in [1.82, 2.24) is 10.2 Å². The van der Waals surface area contributed by atoms with Gasteiger partial charge in [0.2, 0.25) is 5.91 Å². The number of quaternary nitrogens is 1. The van der Waals surface area contributed by atoms with E-state index in [1.165, 1.54) is 22.3 Å². The Kier molecular flexibility index (Phi) is 6.24. The van der Waals surface area contributed by atoms with Crippen molar-refractivity contribution in [3.05, 3.63) is 57.0 Å². The first-order chi connectivity index (χ1) is 12.5. The molecular formula is C18H20ClFN3O2S+. The molecule has 2 N–H and O–H groups in total. The summed E-state index contributed by atoms with van der Waals surface area (Å²) >= 11 is 7.42. The third kappa shape index (κ3) is 4.60. The van der Waals surface area contributed by atoms with Gasteiger partial charge in [-0.3, -0.25) is 9.59 Å². The molecule has 3 rings (SSSR count). The number of carbonyl (C=O) groups excluding carboxylic acids is 2. The van der Waals surface area contributed by atoms with Crippen LogP contribution in [0, 0.1) is 5.82 Å². The molecule has 1 aromatic heterocycles. The predicted molar refractivity (Wildman–Crippen MR) is 99.0 cm³/mol. The number of halogens is 2. The van der Waals surface area contributed by atoms with Crippen LogP contribution in [0.15, 0.2) is 35.7 Å². The van der Waals surface area contributed by atoms with Crippen LogP contribution in [0.5, 0.6) is 0 Å². The third-order valence-corrected chi connectivity index (χ3v) is 5.68. The zero-order valence-electron chi connectivity index (χ0n) is 14.1. The minimum atomic E-state index is -0.292. The van der Waals surface area contributed by atoms with E-state index in [4.69, 9.17) is 11.6 Å². The molecule has 2 heterocycles. The van der Waals surface area contributed by atoms with Crippen molar-refractivity contribution in [2.75, 3.05) is 32.7 Å². The van der Waals surface area contributed by atoms with E-state index in [0.29, 0.717) is 35.1 Å². The van der Waals surface area contributed by atoms with Gasteiger partial charge in [0.1, 0.15) is 12.4 Å². The van der Waals surface area contributed by atoms with Crippen LogP contribution in [0.2, 0.25) is 5.02 Å². The van der Waals surface area contributed by atoms with E-state index in [1.54, 1.807) is 29.2 Å². The molecule has 0 unspecified atom stereocenters. The van der Waals surface area contributed by atoms with Gasteiger partial charge in [0, 0.05) is 0 Å². The van der Waals surface area contributed by atoms with Crippen molar-refractivity contribution in [2.45, 2.75) is 6.54 Å². The number of hydrogen-bond donors (Lipinski definition) is 2. The normalized spacial score (nSPS) is 15.1. The zero-order chi connectivity index (χ0) is 18.5. The van der Waals surface area contributed by atoms with Crippen molar-refractivity contribution < 1.29 is 18.9 Å². The van der Waals surface area contributed by atoms with E-state index in [0.717, 1.165) is 13.1 Å². The molecule has 2 amide bonds.